The summed E-state index contributed by atoms with van der Waals surface area (Å²) in [6.07, 6.45) is 2.97. The van der Waals surface area contributed by atoms with Crippen LogP contribution in [0.25, 0.3) is 0 Å². The average molecular weight is 391 g/mol. The Bertz CT molecular complexity index is 832. The standard InChI is InChI=1S/C19H22N2O3S2/c1-11-7-8-14-15(9-11)26-17(16(14)18(22)24-3)21-19(25)20-12-5-4-6-13(10-12)23-2/h4-6,10-11H,7-9H2,1-3H3,(H2,20,21,25). The van der Waals surface area contributed by atoms with Gasteiger partial charge in [-0.15, -0.1) is 11.3 Å². The van der Waals surface area contributed by atoms with E-state index in [-0.39, 0.29) is 5.97 Å². The molecule has 0 amide bonds. The van der Waals surface area contributed by atoms with Gasteiger partial charge in [0.2, 0.25) is 0 Å². The third-order valence-corrected chi connectivity index (χ3v) is 5.83. The summed E-state index contributed by atoms with van der Waals surface area (Å²) >= 11 is 7.03. The molecule has 138 valence electrons. The number of thiocarbonyl (C=S) groups is 1. The van der Waals surface area contributed by atoms with Crippen molar-refractivity contribution in [2.75, 3.05) is 24.9 Å². The first-order valence-electron chi connectivity index (χ1n) is 8.46. The van der Waals surface area contributed by atoms with E-state index in [4.69, 9.17) is 21.7 Å². The predicted molar refractivity (Wildman–Crippen MR) is 110 cm³/mol. The van der Waals surface area contributed by atoms with Gasteiger partial charge < -0.3 is 20.1 Å². The monoisotopic (exact) mass is 390 g/mol. The van der Waals surface area contributed by atoms with Crippen LogP contribution in [0.3, 0.4) is 0 Å². The van der Waals surface area contributed by atoms with Gasteiger partial charge in [-0.25, -0.2) is 4.79 Å². The normalized spacial score (nSPS) is 15.7. The number of thiophene rings is 1. The minimum absolute atomic E-state index is 0.316. The number of esters is 1. The Kier molecular flexibility index (Phi) is 5.78. The molecule has 0 saturated carbocycles. The largest absolute Gasteiger partial charge is 0.497 e. The van der Waals surface area contributed by atoms with Crippen LogP contribution in [0.4, 0.5) is 10.7 Å². The molecule has 0 bridgehead atoms. The highest BCUT2D eigenvalue weighted by molar-refractivity contribution is 7.80. The maximum Gasteiger partial charge on any atom is 0.341 e. The van der Waals surface area contributed by atoms with Crippen molar-refractivity contribution in [3.63, 3.8) is 0 Å². The topological polar surface area (TPSA) is 59.6 Å². The summed E-state index contributed by atoms with van der Waals surface area (Å²) in [5.41, 5.74) is 2.54. The lowest BCUT2D eigenvalue weighted by Crippen LogP contribution is -2.20. The summed E-state index contributed by atoms with van der Waals surface area (Å²) in [7, 11) is 3.03. The molecule has 1 aromatic heterocycles. The average Bonchev–Trinajstić information content (AvgIpc) is 2.97. The van der Waals surface area contributed by atoms with Gasteiger partial charge in [0, 0.05) is 16.6 Å². The zero-order valence-electron chi connectivity index (χ0n) is 15.0. The van der Waals surface area contributed by atoms with Crippen molar-refractivity contribution in [3.8, 4) is 5.75 Å². The van der Waals surface area contributed by atoms with Gasteiger partial charge in [-0.3, -0.25) is 0 Å². The lowest BCUT2D eigenvalue weighted by molar-refractivity contribution is 0.0601. The fourth-order valence-corrected chi connectivity index (χ4v) is 4.81. The van der Waals surface area contributed by atoms with Gasteiger partial charge in [0.05, 0.1) is 19.8 Å². The molecule has 0 spiro atoms. The van der Waals surface area contributed by atoms with Crippen LogP contribution in [0.15, 0.2) is 24.3 Å². The first kappa shape index (κ1) is 18.7. The number of fused-ring (bicyclic) bond motifs is 1. The van der Waals surface area contributed by atoms with Gasteiger partial charge in [0.25, 0.3) is 0 Å². The number of hydrogen-bond acceptors (Lipinski definition) is 5. The Morgan fingerprint density at radius 2 is 2.12 bits per heavy atom. The van der Waals surface area contributed by atoms with Gasteiger partial charge in [-0.1, -0.05) is 13.0 Å². The van der Waals surface area contributed by atoms with Crippen molar-refractivity contribution in [1.29, 1.82) is 0 Å². The second-order valence-electron chi connectivity index (χ2n) is 6.36. The van der Waals surface area contributed by atoms with Gasteiger partial charge in [-0.2, -0.15) is 0 Å². The number of anilines is 2. The first-order valence-corrected chi connectivity index (χ1v) is 9.69. The Morgan fingerprint density at radius 3 is 2.85 bits per heavy atom. The Labute approximate surface area is 162 Å². The summed E-state index contributed by atoms with van der Waals surface area (Å²) in [6, 6.07) is 7.51. The lowest BCUT2D eigenvalue weighted by Gasteiger charge is -2.18. The molecule has 26 heavy (non-hydrogen) atoms. The molecule has 1 aliphatic rings. The van der Waals surface area contributed by atoms with Gasteiger partial charge in [0.1, 0.15) is 10.8 Å². The molecule has 7 heteroatoms. The quantitative estimate of drug-likeness (QED) is 0.593. The second-order valence-corrected chi connectivity index (χ2v) is 7.87. The maximum atomic E-state index is 12.3. The van der Waals surface area contributed by atoms with Crippen LogP contribution in [0.2, 0.25) is 0 Å². The van der Waals surface area contributed by atoms with E-state index in [1.54, 1.807) is 18.4 Å². The van der Waals surface area contributed by atoms with Crippen LogP contribution < -0.4 is 15.4 Å². The van der Waals surface area contributed by atoms with E-state index in [0.717, 1.165) is 41.3 Å². The van der Waals surface area contributed by atoms with Crippen LogP contribution in [0, 0.1) is 5.92 Å². The lowest BCUT2D eigenvalue weighted by atomic mass is 9.88. The van der Waals surface area contributed by atoms with Crippen LogP contribution in [-0.2, 0) is 17.6 Å². The van der Waals surface area contributed by atoms with Gasteiger partial charge >= 0.3 is 5.97 Å². The zero-order chi connectivity index (χ0) is 18.7. The van der Waals surface area contributed by atoms with E-state index in [1.165, 1.54) is 12.0 Å². The van der Waals surface area contributed by atoms with E-state index in [9.17, 15) is 4.79 Å². The summed E-state index contributed by atoms with van der Waals surface area (Å²) < 4.78 is 10.2. The van der Waals surface area contributed by atoms with E-state index in [0.29, 0.717) is 16.6 Å². The summed E-state index contributed by atoms with van der Waals surface area (Å²) in [4.78, 5) is 13.6. The third kappa shape index (κ3) is 3.99. The molecular weight excluding hydrogens is 368 g/mol. The van der Waals surface area contributed by atoms with Crippen molar-refractivity contribution in [3.05, 3.63) is 40.3 Å². The van der Waals surface area contributed by atoms with Crippen molar-refractivity contribution in [1.82, 2.24) is 0 Å². The van der Waals surface area contributed by atoms with Crippen molar-refractivity contribution in [2.45, 2.75) is 26.2 Å². The maximum absolute atomic E-state index is 12.3. The molecule has 1 heterocycles. The summed E-state index contributed by atoms with van der Waals surface area (Å²) in [6.45, 7) is 2.24. The molecule has 1 aromatic carbocycles. The molecule has 1 atom stereocenters. The molecule has 5 nitrogen and oxygen atoms in total. The minimum Gasteiger partial charge on any atom is -0.497 e. The van der Waals surface area contributed by atoms with Crippen LogP contribution in [-0.4, -0.2) is 25.3 Å². The number of nitrogens with one attached hydrogen (secondary N) is 2. The Balaban J connectivity index is 1.82. The number of carbonyl (C=O) groups is 1. The molecule has 0 aliphatic heterocycles. The number of ether oxygens (including phenoxy) is 2. The highest BCUT2D eigenvalue weighted by Gasteiger charge is 2.28. The fraction of sp³-hybridized carbons (Fsp3) is 0.368. The second kappa shape index (κ2) is 8.05. The van der Waals surface area contributed by atoms with Gasteiger partial charge in [-0.05, 0) is 55.1 Å². The minimum atomic E-state index is -0.316. The Morgan fingerprint density at radius 1 is 1.31 bits per heavy atom. The molecule has 3 rings (SSSR count). The molecule has 1 aliphatic carbocycles. The fourth-order valence-electron chi connectivity index (χ4n) is 3.12. The number of hydrogen-bond donors (Lipinski definition) is 2. The predicted octanol–water partition coefficient (Wildman–Crippen LogP) is 4.48. The highest BCUT2D eigenvalue weighted by atomic mass is 32.1. The molecule has 0 radical (unpaired) electrons. The van der Waals surface area contributed by atoms with E-state index < -0.39 is 0 Å². The number of carbonyl (C=O) groups excluding carboxylic acids is 1. The molecule has 0 fully saturated rings. The van der Waals surface area contributed by atoms with E-state index >= 15 is 0 Å². The van der Waals surface area contributed by atoms with E-state index in [1.807, 2.05) is 24.3 Å². The SMILES string of the molecule is COC(=O)c1c(NC(=S)Nc2cccc(OC)c2)sc2c1CCC(C)C2. The molecule has 1 unspecified atom stereocenters. The smallest absolute Gasteiger partial charge is 0.341 e. The number of methoxy groups -OCH3 is 2. The molecule has 2 aromatic rings. The van der Waals surface area contributed by atoms with Crippen molar-refractivity contribution >= 4 is 45.3 Å². The molecule has 0 saturated heterocycles. The summed E-state index contributed by atoms with van der Waals surface area (Å²) in [5, 5.41) is 7.49. The third-order valence-electron chi connectivity index (χ3n) is 4.46. The highest BCUT2D eigenvalue weighted by Crippen LogP contribution is 2.40. The first-order chi connectivity index (χ1) is 12.5. The number of benzene rings is 1. The Hall–Kier alpha value is -2.12. The van der Waals surface area contributed by atoms with Gasteiger partial charge in [0.15, 0.2) is 5.11 Å². The van der Waals surface area contributed by atoms with Crippen LogP contribution in [0.1, 0.15) is 34.1 Å². The molecular formula is C19H22N2O3S2. The van der Waals surface area contributed by atoms with Crippen molar-refractivity contribution < 1.29 is 14.3 Å². The van der Waals surface area contributed by atoms with E-state index in [2.05, 4.69) is 17.6 Å². The zero-order valence-corrected chi connectivity index (χ0v) is 16.7. The molecule has 2 N–H and O–H groups in total. The number of rotatable bonds is 4. The van der Waals surface area contributed by atoms with Crippen LogP contribution in [0.5, 0.6) is 5.75 Å². The van der Waals surface area contributed by atoms with Crippen LogP contribution >= 0.6 is 23.6 Å². The summed E-state index contributed by atoms with van der Waals surface area (Å²) in [5.74, 6) is 1.05. The van der Waals surface area contributed by atoms with Crippen molar-refractivity contribution in [2.24, 2.45) is 5.92 Å².